The van der Waals surface area contributed by atoms with Crippen molar-refractivity contribution in [3.63, 3.8) is 0 Å². The van der Waals surface area contributed by atoms with Crippen molar-refractivity contribution in [2.24, 2.45) is 0 Å². The molecule has 0 amide bonds. The van der Waals surface area contributed by atoms with Gasteiger partial charge in [0.2, 0.25) is 0 Å². The average Bonchev–Trinajstić information content (AvgIpc) is 2.10. The maximum Gasteiger partial charge on any atom is 0.326 e. The molecule has 0 spiro atoms. The van der Waals surface area contributed by atoms with Crippen molar-refractivity contribution < 1.29 is 19.1 Å². The lowest BCUT2D eigenvalue weighted by molar-refractivity contribution is -0.110. The first-order valence-electron chi connectivity index (χ1n) is 3.21. The molecule has 0 aromatic heterocycles. The second-order valence-corrected chi connectivity index (χ2v) is 5.55. The van der Waals surface area contributed by atoms with E-state index in [1.807, 2.05) is 0 Å². The van der Waals surface area contributed by atoms with E-state index in [0.29, 0.717) is 12.8 Å². The van der Waals surface area contributed by atoms with Gasteiger partial charge in [-0.1, -0.05) is 11.8 Å². The molecule has 0 radical (unpaired) electrons. The van der Waals surface area contributed by atoms with Gasteiger partial charge in [-0.25, -0.2) is 0 Å². The zero-order chi connectivity index (χ0) is 8.48. The molecule has 1 heterocycles. The Hall–Kier alpha value is 0.170. The summed E-state index contributed by atoms with van der Waals surface area (Å²) in [6.45, 7) is 0. The summed E-state index contributed by atoms with van der Waals surface area (Å²) in [5.74, 6) is 0. The highest BCUT2D eigenvalue weighted by atomic mass is 32.2. The Kier molecular flexibility index (Phi) is 2.75. The normalized spacial score (nSPS) is 26.0. The van der Waals surface area contributed by atoms with Gasteiger partial charge in [-0.2, -0.15) is 0 Å². The zero-order valence-electron chi connectivity index (χ0n) is 5.77. The van der Waals surface area contributed by atoms with Crippen LogP contribution in [0.3, 0.4) is 0 Å². The second kappa shape index (κ2) is 3.27. The fourth-order valence-electron chi connectivity index (χ4n) is 0.976. The summed E-state index contributed by atoms with van der Waals surface area (Å²) < 4.78 is 10.5. The van der Waals surface area contributed by atoms with Crippen LogP contribution >= 0.6 is 19.4 Å². The predicted octanol–water partition coefficient (Wildman–Crippen LogP) is 0.586. The first kappa shape index (κ1) is 9.26. The molecule has 1 aliphatic heterocycles. The second-order valence-electron chi connectivity index (χ2n) is 2.50. The summed E-state index contributed by atoms with van der Waals surface area (Å²) >= 11 is 1.06. The maximum atomic E-state index is 10.6. The molecule has 1 aliphatic rings. The summed E-state index contributed by atoms with van der Waals surface area (Å²) in [7, 11) is -3.91. The molecule has 64 valence electrons. The van der Waals surface area contributed by atoms with Crippen molar-refractivity contribution in [1.82, 2.24) is 0 Å². The monoisotopic (exact) mass is 196 g/mol. The molecule has 1 rings (SSSR count). The minimum Gasteiger partial charge on any atom is -0.324 e. The van der Waals surface area contributed by atoms with Crippen molar-refractivity contribution in [2.75, 3.05) is 6.16 Å². The summed E-state index contributed by atoms with van der Waals surface area (Å²) in [6, 6.07) is 0. The minimum atomic E-state index is -3.91. The standard InChI is InChI=1S/C5H9O4PS/c6-5-2-1-4(11-5)3-10(7,8)9/h4H,1-3H2,(H2,7,8,9). The lowest BCUT2D eigenvalue weighted by Crippen LogP contribution is -2.04. The van der Waals surface area contributed by atoms with Crippen LogP contribution in [0.15, 0.2) is 0 Å². The number of carbonyl (C=O) groups is 1. The molecule has 2 N–H and O–H groups in total. The van der Waals surface area contributed by atoms with E-state index in [-0.39, 0.29) is 16.5 Å². The quantitative estimate of drug-likeness (QED) is 0.632. The van der Waals surface area contributed by atoms with E-state index in [1.165, 1.54) is 0 Å². The summed E-state index contributed by atoms with van der Waals surface area (Å²) in [5.41, 5.74) is 0. The van der Waals surface area contributed by atoms with Gasteiger partial charge in [0.1, 0.15) is 0 Å². The first-order valence-corrected chi connectivity index (χ1v) is 5.89. The molecule has 0 aromatic carbocycles. The van der Waals surface area contributed by atoms with Gasteiger partial charge in [-0.15, -0.1) is 0 Å². The number of rotatable bonds is 2. The van der Waals surface area contributed by atoms with Crippen LogP contribution in [0.4, 0.5) is 0 Å². The SMILES string of the molecule is O=C1CCC(CP(=O)(O)O)S1. The van der Waals surface area contributed by atoms with Crippen LogP contribution < -0.4 is 0 Å². The fourth-order valence-corrected chi connectivity index (χ4v) is 3.41. The molecule has 4 nitrogen and oxygen atoms in total. The highest BCUT2D eigenvalue weighted by molar-refractivity contribution is 8.14. The van der Waals surface area contributed by atoms with Crippen molar-refractivity contribution >= 4 is 24.5 Å². The Balaban J connectivity index is 2.40. The summed E-state index contributed by atoms with van der Waals surface area (Å²) in [6.07, 6.45) is 0.896. The van der Waals surface area contributed by atoms with Crippen molar-refractivity contribution in [3.8, 4) is 0 Å². The molecule has 1 fully saturated rings. The Labute approximate surface area is 68.5 Å². The smallest absolute Gasteiger partial charge is 0.324 e. The van der Waals surface area contributed by atoms with E-state index in [1.54, 1.807) is 0 Å². The lowest BCUT2D eigenvalue weighted by atomic mass is 10.3. The Morgan fingerprint density at radius 1 is 1.64 bits per heavy atom. The maximum absolute atomic E-state index is 10.6. The fraction of sp³-hybridized carbons (Fsp3) is 0.800. The largest absolute Gasteiger partial charge is 0.326 e. The van der Waals surface area contributed by atoms with Crippen LogP contribution in [-0.2, 0) is 9.36 Å². The highest BCUT2D eigenvalue weighted by Gasteiger charge is 2.29. The summed E-state index contributed by atoms with van der Waals surface area (Å²) in [5, 5.41) is -0.119. The molecule has 0 saturated carbocycles. The van der Waals surface area contributed by atoms with Crippen LogP contribution in [0, 0.1) is 0 Å². The van der Waals surface area contributed by atoms with Crippen LogP contribution in [0.2, 0.25) is 0 Å². The number of carbonyl (C=O) groups excluding carboxylic acids is 1. The van der Waals surface area contributed by atoms with Crippen molar-refractivity contribution in [3.05, 3.63) is 0 Å². The van der Waals surface area contributed by atoms with E-state index in [2.05, 4.69) is 0 Å². The van der Waals surface area contributed by atoms with E-state index < -0.39 is 7.60 Å². The third-order valence-corrected chi connectivity index (χ3v) is 3.78. The molecular formula is C5H9O4PS. The van der Waals surface area contributed by atoms with Crippen molar-refractivity contribution in [1.29, 1.82) is 0 Å². The topological polar surface area (TPSA) is 74.6 Å². The summed E-state index contributed by atoms with van der Waals surface area (Å²) in [4.78, 5) is 27.8. The van der Waals surface area contributed by atoms with Gasteiger partial charge in [-0.3, -0.25) is 9.36 Å². The predicted molar refractivity (Wildman–Crippen MR) is 42.5 cm³/mol. The van der Waals surface area contributed by atoms with Crippen LogP contribution in [0.1, 0.15) is 12.8 Å². The Morgan fingerprint density at radius 2 is 2.27 bits per heavy atom. The highest BCUT2D eigenvalue weighted by Crippen LogP contribution is 2.42. The number of hydrogen-bond donors (Lipinski definition) is 2. The molecule has 1 atom stereocenters. The number of thioether (sulfide) groups is 1. The third-order valence-electron chi connectivity index (χ3n) is 1.41. The third kappa shape index (κ3) is 3.38. The van der Waals surface area contributed by atoms with E-state index in [9.17, 15) is 9.36 Å². The van der Waals surface area contributed by atoms with E-state index in [4.69, 9.17) is 9.79 Å². The van der Waals surface area contributed by atoms with Crippen molar-refractivity contribution in [2.45, 2.75) is 18.1 Å². The van der Waals surface area contributed by atoms with Gasteiger partial charge < -0.3 is 9.79 Å². The van der Waals surface area contributed by atoms with Gasteiger partial charge in [0.25, 0.3) is 0 Å². The van der Waals surface area contributed by atoms with Gasteiger partial charge >= 0.3 is 7.60 Å². The first-order chi connectivity index (χ1) is 4.97. The zero-order valence-corrected chi connectivity index (χ0v) is 7.48. The van der Waals surface area contributed by atoms with Gasteiger partial charge in [-0.05, 0) is 6.42 Å². The molecule has 0 bridgehead atoms. The van der Waals surface area contributed by atoms with Gasteiger partial charge in [0.15, 0.2) is 5.12 Å². The van der Waals surface area contributed by atoms with Crippen LogP contribution in [0.25, 0.3) is 0 Å². The molecule has 0 aromatic rings. The van der Waals surface area contributed by atoms with Gasteiger partial charge in [0.05, 0.1) is 6.16 Å². The minimum absolute atomic E-state index is 0.0449. The molecule has 11 heavy (non-hydrogen) atoms. The van der Waals surface area contributed by atoms with Crippen LogP contribution in [-0.4, -0.2) is 26.3 Å². The molecule has 6 heteroatoms. The average molecular weight is 196 g/mol. The Bertz CT molecular complexity index is 211. The van der Waals surface area contributed by atoms with E-state index in [0.717, 1.165) is 11.8 Å². The van der Waals surface area contributed by atoms with E-state index >= 15 is 0 Å². The molecular weight excluding hydrogens is 187 g/mol. The number of hydrogen-bond acceptors (Lipinski definition) is 3. The molecule has 1 unspecified atom stereocenters. The molecule has 0 aliphatic carbocycles. The van der Waals surface area contributed by atoms with Gasteiger partial charge in [0, 0.05) is 11.7 Å². The lowest BCUT2D eigenvalue weighted by Gasteiger charge is -2.07. The molecule has 1 saturated heterocycles. The Morgan fingerprint density at radius 3 is 2.64 bits per heavy atom. The van der Waals surface area contributed by atoms with Crippen LogP contribution in [0.5, 0.6) is 0 Å².